The van der Waals surface area contributed by atoms with Crippen LogP contribution in [0.4, 0.5) is 0 Å². The standard InChI is InChI=1S/C8H14ClN3/c1-2-3-4-6-8(9)12-7(5-10)11-6/h2-5,10H2,1H3,(H,11,12). The van der Waals surface area contributed by atoms with Crippen LogP contribution in [-0.2, 0) is 13.0 Å². The fourth-order valence-electron chi connectivity index (χ4n) is 1.06. The average molecular weight is 188 g/mol. The Morgan fingerprint density at radius 2 is 2.33 bits per heavy atom. The van der Waals surface area contributed by atoms with Gasteiger partial charge < -0.3 is 10.7 Å². The molecule has 0 spiro atoms. The molecule has 1 rings (SSSR count). The first-order chi connectivity index (χ1) is 5.77. The molecule has 0 atom stereocenters. The molecule has 0 saturated carbocycles. The predicted octanol–water partition coefficient (Wildman–Crippen LogP) is 1.86. The van der Waals surface area contributed by atoms with Gasteiger partial charge in [0.2, 0.25) is 0 Å². The van der Waals surface area contributed by atoms with Crippen LogP contribution in [0, 0.1) is 0 Å². The number of H-pyrrole nitrogens is 1. The first kappa shape index (κ1) is 9.55. The highest BCUT2D eigenvalue weighted by Crippen LogP contribution is 2.14. The first-order valence-corrected chi connectivity index (χ1v) is 4.59. The summed E-state index contributed by atoms with van der Waals surface area (Å²) in [6, 6.07) is 0. The van der Waals surface area contributed by atoms with E-state index in [4.69, 9.17) is 17.3 Å². The number of aromatic amines is 1. The van der Waals surface area contributed by atoms with Crippen molar-refractivity contribution in [1.82, 2.24) is 9.97 Å². The van der Waals surface area contributed by atoms with E-state index in [9.17, 15) is 0 Å². The van der Waals surface area contributed by atoms with Crippen molar-refractivity contribution in [2.45, 2.75) is 32.7 Å². The Hall–Kier alpha value is -0.540. The van der Waals surface area contributed by atoms with Gasteiger partial charge in [0.05, 0.1) is 12.2 Å². The third-order valence-corrected chi connectivity index (χ3v) is 2.06. The van der Waals surface area contributed by atoms with E-state index in [-0.39, 0.29) is 0 Å². The van der Waals surface area contributed by atoms with Gasteiger partial charge in [0, 0.05) is 0 Å². The number of imidazole rings is 1. The second kappa shape index (κ2) is 4.48. The summed E-state index contributed by atoms with van der Waals surface area (Å²) in [5, 5.41) is 0.573. The SMILES string of the molecule is CCCCc1[nH]c(CN)nc1Cl. The van der Waals surface area contributed by atoms with E-state index in [0.29, 0.717) is 11.7 Å². The number of hydrogen-bond acceptors (Lipinski definition) is 2. The Bertz CT molecular complexity index is 244. The fraction of sp³-hybridized carbons (Fsp3) is 0.625. The molecule has 0 fully saturated rings. The van der Waals surface area contributed by atoms with E-state index >= 15 is 0 Å². The summed E-state index contributed by atoms with van der Waals surface area (Å²) >= 11 is 5.86. The van der Waals surface area contributed by atoms with Gasteiger partial charge >= 0.3 is 0 Å². The minimum atomic E-state index is 0.422. The van der Waals surface area contributed by atoms with Crippen LogP contribution in [0.3, 0.4) is 0 Å². The summed E-state index contributed by atoms with van der Waals surface area (Å²) in [6.07, 6.45) is 3.25. The molecule has 0 radical (unpaired) electrons. The Morgan fingerprint density at radius 1 is 1.58 bits per heavy atom. The molecule has 0 aliphatic carbocycles. The zero-order valence-electron chi connectivity index (χ0n) is 7.23. The number of nitrogens with one attached hydrogen (secondary N) is 1. The van der Waals surface area contributed by atoms with Gasteiger partial charge in [-0.05, 0) is 12.8 Å². The molecular formula is C8H14ClN3. The van der Waals surface area contributed by atoms with Gasteiger partial charge in [0.15, 0.2) is 0 Å². The number of nitrogens with two attached hydrogens (primary N) is 1. The lowest BCUT2D eigenvalue weighted by Crippen LogP contribution is -1.98. The van der Waals surface area contributed by atoms with E-state index < -0.39 is 0 Å². The minimum absolute atomic E-state index is 0.422. The Kier molecular flexibility index (Phi) is 3.56. The lowest BCUT2D eigenvalue weighted by Gasteiger charge is -1.94. The van der Waals surface area contributed by atoms with Crippen molar-refractivity contribution in [2.75, 3.05) is 0 Å². The summed E-state index contributed by atoms with van der Waals surface area (Å²) in [7, 11) is 0. The lowest BCUT2D eigenvalue weighted by atomic mass is 10.2. The van der Waals surface area contributed by atoms with Crippen molar-refractivity contribution < 1.29 is 0 Å². The van der Waals surface area contributed by atoms with Gasteiger partial charge in [0.25, 0.3) is 0 Å². The Balaban J connectivity index is 2.64. The van der Waals surface area contributed by atoms with Crippen LogP contribution < -0.4 is 5.73 Å². The lowest BCUT2D eigenvalue weighted by molar-refractivity contribution is 0.777. The van der Waals surface area contributed by atoms with Crippen molar-refractivity contribution in [3.8, 4) is 0 Å². The van der Waals surface area contributed by atoms with Crippen LogP contribution in [0.2, 0.25) is 5.15 Å². The molecular weight excluding hydrogens is 174 g/mol. The number of aromatic nitrogens is 2. The summed E-state index contributed by atoms with van der Waals surface area (Å²) in [4.78, 5) is 7.16. The van der Waals surface area contributed by atoms with Crippen LogP contribution in [0.25, 0.3) is 0 Å². The maximum absolute atomic E-state index is 5.86. The molecule has 0 unspecified atom stereocenters. The van der Waals surface area contributed by atoms with Crippen LogP contribution >= 0.6 is 11.6 Å². The van der Waals surface area contributed by atoms with Gasteiger partial charge in [-0.25, -0.2) is 4.98 Å². The number of aryl methyl sites for hydroxylation is 1. The predicted molar refractivity (Wildman–Crippen MR) is 50.1 cm³/mol. The molecule has 4 heteroatoms. The largest absolute Gasteiger partial charge is 0.344 e. The van der Waals surface area contributed by atoms with E-state index in [2.05, 4.69) is 16.9 Å². The molecule has 68 valence electrons. The van der Waals surface area contributed by atoms with Crippen molar-refractivity contribution in [3.05, 3.63) is 16.7 Å². The van der Waals surface area contributed by atoms with Gasteiger partial charge in [-0.2, -0.15) is 0 Å². The van der Waals surface area contributed by atoms with E-state index in [1.54, 1.807) is 0 Å². The summed E-state index contributed by atoms with van der Waals surface area (Å²) in [6.45, 7) is 2.57. The molecule has 0 bridgehead atoms. The highest BCUT2D eigenvalue weighted by Gasteiger charge is 2.05. The van der Waals surface area contributed by atoms with E-state index in [1.165, 1.54) is 0 Å². The maximum atomic E-state index is 5.86. The third kappa shape index (κ3) is 2.22. The van der Waals surface area contributed by atoms with Gasteiger partial charge in [-0.1, -0.05) is 24.9 Å². The summed E-state index contributed by atoms with van der Waals surface area (Å²) < 4.78 is 0. The first-order valence-electron chi connectivity index (χ1n) is 4.21. The second-order valence-electron chi connectivity index (χ2n) is 2.76. The summed E-state index contributed by atoms with van der Waals surface area (Å²) in [5.41, 5.74) is 6.42. The number of hydrogen-bond donors (Lipinski definition) is 2. The minimum Gasteiger partial charge on any atom is -0.344 e. The molecule has 1 heterocycles. The number of unbranched alkanes of at least 4 members (excludes halogenated alkanes) is 1. The molecule has 3 N–H and O–H groups in total. The molecule has 12 heavy (non-hydrogen) atoms. The smallest absolute Gasteiger partial charge is 0.150 e. The van der Waals surface area contributed by atoms with Crippen molar-refractivity contribution in [2.24, 2.45) is 5.73 Å². The summed E-state index contributed by atoms with van der Waals surface area (Å²) in [5.74, 6) is 0.770. The monoisotopic (exact) mass is 187 g/mol. The number of nitrogens with zero attached hydrogens (tertiary/aromatic N) is 1. The van der Waals surface area contributed by atoms with Crippen molar-refractivity contribution in [1.29, 1.82) is 0 Å². The molecule has 0 amide bonds. The zero-order chi connectivity index (χ0) is 8.97. The molecule has 0 saturated heterocycles. The van der Waals surface area contributed by atoms with Crippen molar-refractivity contribution >= 4 is 11.6 Å². The van der Waals surface area contributed by atoms with Crippen molar-refractivity contribution in [3.63, 3.8) is 0 Å². The quantitative estimate of drug-likeness (QED) is 0.756. The third-order valence-electron chi connectivity index (χ3n) is 1.75. The fourth-order valence-corrected chi connectivity index (χ4v) is 1.30. The van der Waals surface area contributed by atoms with Crippen LogP contribution in [0.5, 0.6) is 0 Å². The van der Waals surface area contributed by atoms with E-state index in [0.717, 1.165) is 30.8 Å². The van der Waals surface area contributed by atoms with Gasteiger partial charge in [-0.3, -0.25) is 0 Å². The van der Waals surface area contributed by atoms with Crippen LogP contribution in [0.15, 0.2) is 0 Å². The Labute approximate surface area is 77.3 Å². The van der Waals surface area contributed by atoms with Gasteiger partial charge in [0.1, 0.15) is 11.0 Å². The molecule has 1 aromatic heterocycles. The Morgan fingerprint density at radius 3 is 2.83 bits per heavy atom. The second-order valence-corrected chi connectivity index (χ2v) is 3.12. The highest BCUT2D eigenvalue weighted by molar-refractivity contribution is 6.30. The normalized spacial score (nSPS) is 10.6. The number of halogens is 1. The van der Waals surface area contributed by atoms with Crippen LogP contribution in [0.1, 0.15) is 31.3 Å². The maximum Gasteiger partial charge on any atom is 0.150 e. The van der Waals surface area contributed by atoms with Crippen LogP contribution in [-0.4, -0.2) is 9.97 Å². The topological polar surface area (TPSA) is 54.7 Å². The highest BCUT2D eigenvalue weighted by atomic mass is 35.5. The molecule has 0 aromatic carbocycles. The molecule has 1 aromatic rings. The van der Waals surface area contributed by atoms with E-state index in [1.807, 2.05) is 0 Å². The molecule has 0 aliphatic rings. The number of rotatable bonds is 4. The molecule has 0 aliphatic heterocycles. The molecule has 3 nitrogen and oxygen atoms in total. The average Bonchev–Trinajstić information content (AvgIpc) is 2.43. The van der Waals surface area contributed by atoms with Gasteiger partial charge in [-0.15, -0.1) is 0 Å². The zero-order valence-corrected chi connectivity index (χ0v) is 7.99.